The third-order valence-electron chi connectivity index (χ3n) is 3.98. The number of pyridine rings is 1. The number of nitrogens with two attached hydrogens (primary N) is 2. The number of anilines is 1. The van der Waals surface area contributed by atoms with Crippen LogP contribution < -0.4 is 17.0 Å². The van der Waals surface area contributed by atoms with Gasteiger partial charge >= 0.3 is 0 Å². The number of rotatable bonds is 4. The molecule has 1 heterocycles. The second kappa shape index (κ2) is 6.71. The molecule has 0 aliphatic heterocycles. The molecule has 1 fully saturated rings. The van der Waals surface area contributed by atoms with E-state index >= 15 is 0 Å². The molecule has 1 aromatic heterocycles. The Kier molecular flexibility index (Phi) is 4.96. The highest BCUT2D eigenvalue weighted by Crippen LogP contribution is 2.27. The fourth-order valence-electron chi connectivity index (χ4n) is 2.95. The SMILES string of the molecule is NNC(Cc1ccnc(N)c1)C1CCCCCC1. The van der Waals surface area contributed by atoms with Gasteiger partial charge in [0.2, 0.25) is 0 Å². The van der Waals surface area contributed by atoms with Gasteiger partial charge in [0.1, 0.15) is 5.82 Å². The van der Waals surface area contributed by atoms with Gasteiger partial charge in [-0.3, -0.25) is 11.3 Å². The quantitative estimate of drug-likeness (QED) is 0.433. The number of aromatic nitrogens is 1. The second-order valence-electron chi connectivity index (χ2n) is 5.32. The Morgan fingerprint density at radius 1 is 1.28 bits per heavy atom. The zero-order valence-corrected chi connectivity index (χ0v) is 10.9. The highest BCUT2D eigenvalue weighted by atomic mass is 15.2. The van der Waals surface area contributed by atoms with Gasteiger partial charge in [0.25, 0.3) is 0 Å². The van der Waals surface area contributed by atoms with Crippen molar-refractivity contribution in [2.45, 2.75) is 51.0 Å². The lowest BCUT2D eigenvalue weighted by molar-refractivity contribution is 0.320. The molecule has 1 aromatic rings. The highest BCUT2D eigenvalue weighted by Gasteiger charge is 2.22. The minimum atomic E-state index is 0.352. The molecule has 100 valence electrons. The molecule has 1 unspecified atom stereocenters. The van der Waals surface area contributed by atoms with E-state index in [1.54, 1.807) is 6.20 Å². The normalized spacial score (nSPS) is 19.4. The van der Waals surface area contributed by atoms with Crippen molar-refractivity contribution >= 4 is 5.82 Å². The largest absolute Gasteiger partial charge is 0.384 e. The molecule has 0 radical (unpaired) electrons. The van der Waals surface area contributed by atoms with Crippen LogP contribution in [0.4, 0.5) is 5.82 Å². The van der Waals surface area contributed by atoms with Crippen molar-refractivity contribution in [1.82, 2.24) is 10.4 Å². The molecule has 1 aliphatic rings. The average Bonchev–Trinajstić information content (AvgIpc) is 2.65. The van der Waals surface area contributed by atoms with Crippen LogP contribution in [0.1, 0.15) is 44.1 Å². The molecule has 4 heteroatoms. The smallest absolute Gasteiger partial charge is 0.123 e. The van der Waals surface area contributed by atoms with E-state index in [9.17, 15) is 0 Å². The first-order valence-corrected chi connectivity index (χ1v) is 6.96. The molecule has 1 aliphatic carbocycles. The zero-order chi connectivity index (χ0) is 12.8. The van der Waals surface area contributed by atoms with Gasteiger partial charge < -0.3 is 5.73 Å². The Morgan fingerprint density at radius 3 is 2.61 bits per heavy atom. The van der Waals surface area contributed by atoms with E-state index in [4.69, 9.17) is 11.6 Å². The van der Waals surface area contributed by atoms with Crippen molar-refractivity contribution < 1.29 is 0 Å². The number of hydrazine groups is 1. The Balaban J connectivity index is 1.99. The predicted octanol–water partition coefficient (Wildman–Crippen LogP) is 2.01. The summed E-state index contributed by atoms with van der Waals surface area (Å²) in [5.41, 5.74) is 9.94. The average molecular weight is 248 g/mol. The van der Waals surface area contributed by atoms with E-state index in [2.05, 4.69) is 10.4 Å². The van der Waals surface area contributed by atoms with Crippen LogP contribution in [0.25, 0.3) is 0 Å². The summed E-state index contributed by atoms with van der Waals surface area (Å²) in [6.45, 7) is 0. The molecule has 18 heavy (non-hydrogen) atoms. The van der Waals surface area contributed by atoms with Gasteiger partial charge in [-0.1, -0.05) is 25.7 Å². The first-order valence-electron chi connectivity index (χ1n) is 6.96. The van der Waals surface area contributed by atoms with Crippen LogP contribution in [0.2, 0.25) is 0 Å². The van der Waals surface area contributed by atoms with E-state index in [0.29, 0.717) is 17.8 Å². The molecule has 4 nitrogen and oxygen atoms in total. The lowest BCUT2D eigenvalue weighted by atomic mass is 9.88. The Bertz CT molecular complexity index is 359. The Morgan fingerprint density at radius 2 is 2.00 bits per heavy atom. The van der Waals surface area contributed by atoms with Gasteiger partial charge in [-0.25, -0.2) is 4.98 Å². The van der Waals surface area contributed by atoms with Crippen molar-refractivity contribution in [2.24, 2.45) is 11.8 Å². The van der Waals surface area contributed by atoms with Gasteiger partial charge in [-0.15, -0.1) is 0 Å². The molecular formula is C14H24N4. The topological polar surface area (TPSA) is 77.0 Å². The van der Waals surface area contributed by atoms with Crippen molar-refractivity contribution in [3.8, 4) is 0 Å². The third kappa shape index (κ3) is 3.68. The van der Waals surface area contributed by atoms with Gasteiger partial charge in [-0.2, -0.15) is 0 Å². The summed E-state index contributed by atoms with van der Waals surface area (Å²) in [5, 5.41) is 0. The lowest BCUT2D eigenvalue weighted by Gasteiger charge is -2.25. The molecule has 1 atom stereocenters. The van der Waals surface area contributed by atoms with Crippen LogP contribution >= 0.6 is 0 Å². The van der Waals surface area contributed by atoms with Gasteiger partial charge in [-0.05, 0) is 42.9 Å². The highest BCUT2D eigenvalue weighted by molar-refractivity contribution is 5.32. The van der Waals surface area contributed by atoms with Crippen LogP contribution in [0.5, 0.6) is 0 Å². The molecule has 1 saturated carbocycles. The molecule has 0 saturated heterocycles. The van der Waals surface area contributed by atoms with Crippen molar-refractivity contribution in [1.29, 1.82) is 0 Å². The summed E-state index contributed by atoms with van der Waals surface area (Å²) < 4.78 is 0. The summed E-state index contributed by atoms with van der Waals surface area (Å²) >= 11 is 0. The maximum Gasteiger partial charge on any atom is 0.123 e. The number of nitrogens with one attached hydrogen (secondary N) is 1. The van der Waals surface area contributed by atoms with Crippen LogP contribution in [0, 0.1) is 5.92 Å². The van der Waals surface area contributed by atoms with E-state index in [1.807, 2.05) is 12.1 Å². The van der Waals surface area contributed by atoms with Gasteiger partial charge in [0.15, 0.2) is 0 Å². The lowest BCUT2D eigenvalue weighted by Crippen LogP contribution is -2.42. The maximum absolute atomic E-state index is 5.74. The number of hydrogen-bond donors (Lipinski definition) is 3. The van der Waals surface area contributed by atoms with Crippen LogP contribution in [0.3, 0.4) is 0 Å². The second-order valence-corrected chi connectivity index (χ2v) is 5.32. The van der Waals surface area contributed by atoms with Crippen molar-refractivity contribution in [3.63, 3.8) is 0 Å². The van der Waals surface area contributed by atoms with Gasteiger partial charge in [0, 0.05) is 12.2 Å². The van der Waals surface area contributed by atoms with Crippen molar-refractivity contribution in [3.05, 3.63) is 23.9 Å². The predicted molar refractivity (Wildman–Crippen MR) is 74.7 cm³/mol. The fraction of sp³-hybridized carbons (Fsp3) is 0.643. The summed E-state index contributed by atoms with van der Waals surface area (Å²) in [4.78, 5) is 4.03. The summed E-state index contributed by atoms with van der Waals surface area (Å²) in [5.74, 6) is 7.02. The number of nitrogen functional groups attached to an aromatic ring is 1. The fourth-order valence-corrected chi connectivity index (χ4v) is 2.95. The monoisotopic (exact) mass is 248 g/mol. The van der Waals surface area contributed by atoms with E-state index in [0.717, 1.165) is 6.42 Å². The molecule has 2 rings (SSSR count). The first kappa shape index (κ1) is 13.3. The van der Waals surface area contributed by atoms with E-state index in [-0.39, 0.29) is 0 Å². The number of nitrogens with zero attached hydrogens (tertiary/aromatic N) is 1. The summed E-state index contributed by atoms with van der Waals surface area (Å²) in [6.07, 6.45) is 10.7. The van der Waals surface area contributed by atoms with E-state index < -0.39 is 0 Å². The molecule has 0 amide bonds. The molecule has 0 bridgehead atoms. The summed E-state index contributed by atoms with van der Waals surface area (Å²) in [6, 6.07) is 4.32. The Hall–Kier alpha value is -1.13. The minimum absolute atomic E-state index is 0.352. The summed E-state index contributed by atoms with van der Waals surface area (Å²) in [7, 11) is 0. The van der Waals surface area contributed by atoms with Gasteiger partial charge in [0.05, 0.1) is 0 Å². The van der Waals surface area contributed by atoms with Crippen LogP contribution in [0.15, 0.2) is 18.3 Å². The standard InChI is InChI=1S/C14H24N4/c15-14-10-11(7-8-17-14)9-13(18-16)12-5-3-1-2-4-6-12/h7-8,10,12-13,18H,1-6,9,16H2,(H2,15,17). The molecule has 0 aromatic carbocycles. The van der Waals surface area contributed by atoms with E-state index in [1.165, 1.54) is 44.1 Å². The van der Waals surface area contributed by atoms with Crippen LogP contribution in [-0.2, 0) is 6.42 Å². The molecule has 0 spiro atoms. The molecule has 5 N–H and O–H groups in total. The Labute approximate surface area is 109 Å². The maximum atomic E-state index is 5.74. The minimum Gasteiger partial charge on any atom is -0.384 e. The van der Waals surface area contributed by atoms with Crippen LogP contribution in [-0.4, -0.2) is 11.0 Å². The third-order valence-corrected chi connectivity index (χ3v) is 3.98. The van der Waals surface area contributed by atoms with Crippen molar-refractivity contribution in [2.75, 3.05) is 5.73 Å². The first-order chi connectivity index (χ1) is 8.79. The zero-order valence-electron chi connectivity index (χ0n) is 10.9. The molecular weight excluding hydrogens is 224 g/mol. The number of hydrogen-bond acceptors (Lipinski definition) is 4.